The fraction of sp³-hybridized carbons (Fsp3) is 0.462. The zero-order chi connectivity index (χ0) is 15.5. The highest BCUT2D eigenvalue weighted by molar-refractivity contribution is 9.11. The van der Waals surface area contributed by atoms with E-state index >= 15 is 0 Å². The molecule has 0 spiro atoms. The third-order valence-electron chi connectivity index (χ3n) is 2.93. The molecule has 0 fully saturated rings. The van der Waals surface area contributed by atoms with Gasteiger partial charge >= 0.3 is 7.60 Å². The summed E-state index contributed by atoms with van der Waals surface area (Å²) in [5.41, 5.74) is 1.83. The number of aryl methyl sites for hydroxylation is 1. The summed E-state index contributed by atoms with van der Waals surface area (Å²) in [4.78, 5) is 4.39. The number of imidazole rings is 1. The average molecular weight is 440 g/mol. The fourth-order valence-electron chi connectivity index (χ4n) is 2.07. The lowest BCUT2D eigenvalue weighted by Crippen LogP contribution is -2.07. The minimum atomic E-state index is -3.04. The quantitative estimate of drug-likeness (QED) is 0.580. The van der Waals surface area contributed by atoms with Gasteiger partial charge in [0, 0.05) is 15.5 Å². The zero-order valence-corrected chi connectivity index (χ0v) is 15.9. The Kier molecular flexibility index (Phi) is 6.03. The first-order chi connectivity index (χ1) is 10.0. The van der Waals surface area contributed by atoms with Gasteiger partial charge in [0.2, 0.25) is 0 Å². The van der Waals surface area contributed by atoms with Crippen LogP contribution >= 0.6 is 39.5 Å². The molecule has 2 aromatic rings. The Morgan fingerprint density at radius 2 is 1.81 bits per heavy atom. The molecular weight excluding hydrogens is 423 g/mol. The lowest BCUT2D eigenvalue weighted by molar-refractivity contribution is 0.219. The van der Waals surface area contributed by atoms with Gasteiger partial charge in [0.05, 0.1) is 31.2 Å². The van der Waals surface area contributed by atoms with E-state index in [1.807, 2.05) is 30.5 Å². The maximum absolute atomic E-state index is 12.5. The van der Waals surface area contributed by atoms with Crippen LogP contribution in [0.4, 0.5) is 0 Å². The lowest BCUT2D eigenvalue weighted by Gasteiger charge is -2.17. The van der Waals surface area contributed by atoms with Crippen molar-refractivity contribution in [3.05, 3.63) is 27.4 Å². The van der Waals surface area contributed by atoms with E-state index in [-0.39, 0.29) is 0 Å². The van der Waals surface area contributed by atoms with Crippen LogP contribution in [-0.4, -0.2) is 28.9 Å². The number of aromatic nitrogens is 2. The number of hydrogen-bond acceptors (Lipinski definition) is 4. The van der Waals surface area contributed by atoms with Gasteiger partial charge in [0.1, 0.15) is 5.52 Å². The minimum Gasteiger partial charge on any atom is -0.329 e. The second-order valence-electron chi connectivity index (χ2n) is 4.33. The molecule has 2 rings (SSSR count). The molecule has 0 bridgehead atoms. The summed E-state index contributed by atoms with van der Waals surface area (Å²) >= 11 is 7.01. The molecule has 21 heavy (non-hydrogen) atoms. The number of nitrogens with zero attached hydrogens (tertiary/aromatic N) is 2. The molecule has 0 N–H and O–H groups in total. The molecule has 1 aromatic heterocycles. The highest BCUT2D eigenvalue weighted by Crippen LogP contribution is 2.48. The summed E-state index contributed by atoms with van der Waals surface area (Å²) in [5, 5.41) is 0. The van der Waals surface area contributed by atoms with Crippen molar-refractivity contribution < 1.29 is 13.6 Å². The molecule has 1 heterocycles. The number of hydrogen-bond donors (Lipinski definition) is 0. The molecule has 0 saturated carbocycles. The van der Waals surface area contributed by atoms with Crippen LogP contribution in [0, 0.1) is 0 Å². The number of fused-ring (bicyclic) bond motifs is 1. The van der Waals surface area contributed by atoms with Gasteiger partial charge in [-0.2, -0.15) is 0 Å². The Balaban J connectivity index is 2.24. The molecule has 0 radical (unpaired) electrons. The van der Waals surface area contributed by atoms with Gasteiger partial charge in [-0.15, -0.1) is 0 Å². The van der Waals surface area contributed by atoms with Crippen LogP contribution in [0.25, 0.3) is 11.0 Å². The van der Waals surface area contributed by atoms with Crippen molar-refractivity contribution >= 4 is 50.5 Å². The van der Waals surface area contributed by atoms with Gasteiger partial charge in [0.15, 0.2) is 0 Å². The molecule has 0 aliphatic rings. The van der Waals surface area contributed by atoms with E-state index in [4.69, 9.17) is 9.05 Å². The van der Waals surface area contributed by atoms with Crippen molar-refractivity contribution in [3.63, 3.8) is 0 Å². The molecule has 0 atom stereocenters. The highest BCUT2D eigenvalue weighted by atomic mass is 79.9. The average Bonchev–Trinajstić information content (AvgIpc) is 2.87. The van der Waals surface area contributed by atoms with E-state index in [0.717, 1.165) is 20.0 Å². The molecule has 0 amide bonds. The Morgan fingerprint density at radius 3 is 2.43 bits per heavy atom. The van der Waals surface area contributed by atoms with Gasteiger partial charge < -0.3 is 13.6 Å². The molecule has 0 saturated heterocycles. The van der Waals surface area contributed by atoms with Crippen molar-refractivity contribution in [1.29, 1.82) is 0 Å². The largest absolute Gasteiger partial charge is 0.332 e. The standard InChI is InChI=1S/C13H17Br2N2O3P/c1-3-19-21(18,20-4-2)8-7-17-9-16-12-10(14)5-6-11(15)13(12)17/h5-6,9H,3-4,7-8H2,1-2H3. The Bertz CT molecular complexity index is 665. The van der Waals surface area contributed by atoms with E-state index in [2.05, 4.69) is 36.8 Å². The molecular formula is C13H17Br2N2O3P. The molecule has 8 heteroatoms. The van der Waals surface area contributed by atoms with Gasteiger partial charge in [-0.25, -0.2) is 4.98 Å². The summed E-state index contributed by atoms with van der Waals surface area (Å²) in [6.45, 7) is 4.88. The van der Waals surface area contributed by atoms with Crippen molar-refractivity contribution in [2.45, 2.75) is 20.4 Å². The third-order valence-corrected chi connectivity index (χ3v) is 6.26. The topological polar surface area (TPSA) is 53.4 Å². The van der Waals surface area contributed by atoms with Crippen LogP contribution in [-0.2, 0) is 20.2 Å². The van der Waals surface area contributed by atoms with Crippen molar-refractivity contribution in [2.75, 3.05) is 19.4 Å². The van der Waals surface area contributed by atoms with Gasteiger partial charge in [-0.1, -0.05) is 0 Å². The summed E-state index contributed by atoms with van der Waals surface area (Å²) in [7, 11) is -3.04. The van der Waals surface area contributed by atoms with Gasteiger partial charge in [-0.05, 0) is 57.8 Å². The molecule has 0 aliphatic carbocycles. The highest BCUT2D eigenvalue weighted by Gasteiger charge is 2.23. The summed E-state index contributed by atoms with van der Waals surface area (Å²) in [6, 6.07) is 3.89. The van der Waals surface area contributed by atoms with E-state index < -0.39 is 7.60 Å². The van der Waals surface area contributed by atoms with Gasteiger partial charge in [0.25, 0.3) is 0 Å². The van der Waals surface area contributed by atoms with E-state index in [1.54, 1.807) is 6.33 Å². The van der Waals surface area contributed by atoms with Crippen LogP contribution in [0.15, 0.2) is 27.4 Å². The zero-order valence-electron chi connectivity index (χ0n) is 11.9. The van der Waals surface area contributed by atoms with E-state index in [0.29, 0.717) is 25.9 Å². The molecule has 0 unspecified atom stereocenters. The summed E-state index contributed by atoms with van der Waals surface area (Å²) < 4.78 is 26.9. The number of halogens is 2. The summed E-state index contributed by atoms with van der Waals surface area (Å²) in [5.74, 6) is 0. The monoisotopic (exact) mass is 438 g/mol. The van der Waals surface area contributed by atoms with Crippen LogP contribution in [0.2, 0.25) is 0 Å². The van der Waals surface area contributed by atoms with Crippen molar-refractivity contribution in [3.8, 4) is 0 Å². The van der Waals surface area contributed by atoms with Crippen LogP contribution in [0.5, 0.6) is 0 Å². The van der Waals surface area contributed by atoms with Crippen molar-refractivity contribution in [2.24, 2.45) is 0 Å². The molecule has 1 aromatic carbocycles. The first-order valence-electron chi connectivity index (χ1n) is 6.67. The minimum absolute atomic E-state index is 0.319. The lowest BCUT2D eigenvalue weighted by atomic mass is 10.3. The maximum atomic E-state index is 12.5. The Morgan fingerprint density at radius 1 is 1.19 bits per heavy atom. The fourth-order valence-corrected chi connectivity index (χ4v) is 4.62. The second kappa shape index (κ2) is 7.38. The van der Waals surface area contributed by atoms with E-state index in [1.165, 1.54) is 0 Å². The SMILES string of the molecule is CCOP(=O)(CCn1cnc2c(Br)ccc(Br)c21)OCC. The smallest absolute Gasteiger partial charge is 0.329 e. The van der Waals surface area contributed by atoms with Crippen molar-refractivity contribution in [1.82, 2.24) is 9.55 Å². The molecule has 5 nitrogen and oxygen atoms in total. The maximum Gasteiger partial charge on any atom is 0.332 e. The van der Waals surface area contributed by atoms with Crippen LogP contribution < -0.4 is 0 Å². The third kappa shape index (κ3) is 3.96. The predicted molar refractivity (Wildman–Crippen MR) is 90.9 cm³/mol. The summed E-state index contributed by atoms with van der Waals surface area (Å²) in [6.07, 6.45) is 2.06. The predicted octanol–water partition coefficient (Wildman–Crippen LogP) is 4.83. The van der Waals surface area contributed by atoms with Gasteiger partial charge in [-0.3, -0.25) is 4.57 Å². The molecule has 116 valence electrons. The number of rotatable bonds is 7. The van der Waals surface area contributed by atoms with Crippen LogP contribution in [0.1, 0.15) is 13.8 Å². The number of benzene rings is 1. The second-order valence-corrected chi connectivity index (χ2v) is 8.23. The molecule has 0 aliphatic heterocycles. The first kappa shape index (κ1) is 17.2. The Hall–Kier alpha value is -0.200. The van der Waals surface area contributed by atoms with Crippen LogP contribution in [0.3, 0.4) is 0 Å². The normalized spacial score (nSPS) is 12.2. The van der Waals surface area contributed by atoms with E-state index in [9.17, 15) is 4.57 Å². The Labute approximate surface area is 140 Å². The first-order valence-corrected chi connectivity index (χ1v) is 9.99.